The smallest absolute Gasteiger partial charge is 0.0391 e. The summed E-state index contributed by atoms with van der Waals surface area (Å²) < 4.78 is 0. The third-order valence-corrected chi connectivity index (χ3v) is 1.70. The van der Waals surface area contributed by atoms with Crippen LogP contribution in [-0.2, 0) is 0 Å². The predicted molar refractivity (Wildman–Crippen MR) is 38.3 cm³/mol. The van der Waals surface area contributed by atoms with Crippen molar-refractivity contribution in [1.29, 1.82) is 0 Å². The van der Waals surface area contributed by atoms with Crippen LogP contribution in [0.5, 0.6) is 0 Å². The molecule has 0 aromatic carbocycles. The second-order valence-corrected chi connectivity index (χ2v) is 2.43. The van der Waals surface area contributed by atoms with Crippen molar-refractivity contribution in [1.82, 2.24) is 0 Å². The monoisotopic (exact) mass is 112 g/mol. The fourth-order valence-electron chi connectivity index (χ4n) is 0.891. The normalized spacial score (nSPS) is 11.2. The largest absolute Gasteiger partial charge is 0.0651 e. The SMILES string of the molecule is [CH2]CC(CC)C([CH2])C. The van der Waals surface area contributed by atoms with Crippen molar-refractivity contribution in [3.05, 3.63) is 13.8 Å². The first-order valence-corrected chi connectivity index (χ1v) is 3.34. The zero-order valence-corrected chi connectivity index (χ0v) is 5.98. The van der Waals surface area contributed by atoms with E-state index >= 15 is 0 Å². The van der Waals surface area contributed by atoms with Crippen LogP contribution in [0.1, 0.15) is 26.7 Å². The molecule has 0 nitrogen and oxygen atoms in total. The van der Waals surface area contributed by atoms with Crippen molar-refractivity contribution in [2.24, 2.45) is 11.8 Å². The number of hydrogen-bond acceptors (Lipinski definition) is 0. The highest BCUT2D eigenvalue weighted by Gasteiger charge is 2.06. The highest BCUT2D eigenvalue weighted by atomic mass is 14.1. The van der Waals surface area contributed by atoms with Gasteiger partial charge in [0.2, 0.25) is 0 Å². The third-order valence-electron chi connectivity index (χ3n) is 1.70. The van der Waals surface area contributed by atoms with E-state index in [4.69, 9.17) is 0 Å². The van der Waals surface area contributed by atoms with Gasteiger partial charge in [-0.25, -0.2) is 0 Å². The average Bonchev–Trinajstić information content (AvgIpc) is 1.69. The van der Waals surface area contributed by atoms with E-state index in [1.807, 2.05) is 0 Å². The minimum Gasteiger partial charge on any atom is -0.0651 e. The highest BCUT2D eigenvalue weighted by Crippen LogP contribution is 2.16. The summed E-state index contributed by atoms with van der Waals surface area (Å²) in [6.07, 6.45) is 2.25. The van der Waals surface area contributed by atoms with Gasteiger partial charge in [-0.1, -0.05) is 40.5 Å². The van der Waals surface area contributed by atoms with Crippen LogP contribution in [0, 0.1) is 25.7 Å². The summed E-state index contributed by atoms with van der Waals surface area (Å²) in [5.41, 5.74) is 0. The van der Waals surface area contributed by atoms with Gasteiger partial charge in [-0.15, -0.1) is 0 Å². The van der Waals surface area contributed by atoms with E-state index in [0.717, 1.165) is 12.3 Å². The molecule has 0 aliphatic heterocycles. The predicted octanol–water partition coefficient (Wildman–Crippen LogP) is 2.71. The second kappa shape index (κ2) is 3.94. The van der Waals surface area contributed by atoms with Crippen molar-refractivity contribution >= 4 is 0 Å². The first-order chi connectivity index (χ1) is 3.72. The van der Waals surface area contributed by atoms with Gasteiger partial charge in [0.05, 0.1) is 0 Å². The molecule has 8 heavy (non-hydrogen) atoms. The Labute approximate surface area is 53.3 Å². The molecule has 0 amide bonds. The van der Waals surface area contributed by atoms with Gasteiger partial charge >= 0.3 is 0 Å². The van der Waals surface area contributed by atoms with Crippen LogP contribution in [0.15, 0.2) is 0 Å². The maximum Gasteiger partial charge on any atom is -0.0391 e. The number of rotatable bonds is 3. The second-order valence-electron chi connectivity index (χ2n) is 2.43. The summed E-state index contributed by atoms with van der Waals surface area (Å²) in [5.74, 6) is 1.30. The molecule has 0 aliphatic carbocycles. The maximum atomic E-state index is 3.94. The summed E-state index contributed by atoms with van der Waals surface area (Å²) in [7, 11) is 0. The lowest BCUT2D eigenvalue weighted by molar-refractivity contribution is 0.408. The van der Waals surface area contributed by atoms with Crippen molar-refractivity contribution in [3.8, 4) is 0 Å². The molecule has 0 aromatic heterocycles. The van der Waals surface area contributed by atoms with E-state index in [9.17, 15) is 0 Å². The van der Waals surface area contributed by atoms with Crippen LogP contribution in [0.2, 0.25) is 0 Å². The molecule has 0 rings (SSSR count). The van der Waals surface area contributed by atoms with Gasteiger partial charge < -0.3 is 0 Å². The van der Waals surface area contributed by atoms with Gasteiger partial charge in [0.15, 0.2) is 0 Å². The van der Waals surface area contributed by atoms with Crippen molar-refractivity contribution in [2.45, 2.75) is 26.7 Å². The van der Waals surface area contributed by atoms with Crippen LogP contribution in [-0.4, -0.2) is 0 Å². The van der Waals surface area contributed by atoms with Gasteiger partial charge in [-0.05, 0) is 11.8 Å². The van der Waals surface area contributed by atoms with E-state index in [1.54, 1.807) is 0 Å². The van der Waals surface area contributed by atoms with Crippen molar-refractivity contribution in [2.75, 3.05) is 0 Å². The molecule has 0 spiro atoms. The van der Waals surface area contributed by atoms with E-state index in [2.05, 4.69) is 27.7 Å². The Balaban J connectivity index is 3.35. The average molecular weight is 112 g/mol. The summed E-state index contributed by atoms with van der Waals surface area (Å²) in [4.78, 5) is 0. The minimum absolute atomic E-state index is 0.567. The molecule has 0 aliphatic rings. The van der Waals surface area contributed by atoms with Gasteiger partial charge in [-0.2, -0.15) is 0 Å². The zero-order valence-electron chi connectivity index (χ0n) is 5.98. The van der Waals surface area contributed by atoms with Crippen LogP contribution in [0.3, 0.4) is 0 Å². The summed E-state index contributed by atoms with van der Waals surface area (Å²) in [5, 5.41) is 0. The molecule has 2 radical (unpaired) electrons. The molecule has 0 N–H and O–H groups in total. The van der Waals surface area contributed by atoms with E-state index in [-0.39, 0.29) is 0 Å². The fourth-order valence-corrected chi connectivity index (χ4v) is 0.891. The molecule has 0 heteroatoms. The Hall–Kier alpha value is 0. The molecular weight excluding hydrogens is 96.1 g/mol. The zero-order chi connectivity index (χ0) is 6.57. The summed E-state index contributed by atoms with van der Waals surface area (Å²) in [6.45, 7) is 12.1. The number of hydrogen-bond donors (Lipinski definition) is 0. The van der Waals surface area contributed by atoms with Gasteiger partial charge in [0, 0.05) is 0 Å². The van der Waals surface area contributed by atoms with Crippen molar-refractivity contribution in [3.63, 3.8) is 0 Å². The topological polar surface area (TPSA) is 0 Å². The lowest BCUT2D eigenvalue weighted by Crippen LogP contribution is -2.05. The van der Waals surface area contributed by atoms with Crippen LogP contribution >= 0.6 is 0 Å². The Morgan fingerprint density at radius 2 is 2.00 bits per heavy atom. The Morgan fingerprint density at radius 1 is 1.50 bits per heavy atom. The Kier molecular flexibility index (Phi) is 3.94. The lowest BCUT2D eigenvalue weighted by atomic mass is 9.91. The minimum atomic E-state index is 0.567. The molecule has 48 valence electrons. The molecule has 0 fully saturated rings. The van der Waals surface area contributed by atoms with Crippen LogP contribution < -0.4 is 0 Å². The molecule has 0 saturated carbocycles. The van der Waals surface area contributed by atoms with E-state index in [0.29, 0.717) is 5.92 Å². The first-order valence-electron chi connectivity index (χ1n) is 3.34. The van der Waals surface area contributed by atoms with E-state index < -0.39 is 0 Å². The van der Waals surface area contributed by atoms with Gasteiger partial charge in [0.25, 0.3) is 0 Å². The third kappa shape index (κ3) is 2.34. The molecule has 0 bridgehead atoms. The van der Waals surface area contributed by atoms with Crippen LogP contribution in [0.4, 0.5) is 0 Å². The molecule has 2 unspecified atom stereocenters. The maximum absolute atomic E-state index is 3.94. The highest BCUT2D eigenvalue weighted by molar-refractivity contribution is 4.66. The summed E-state index contributed by atoms with van der Waals surface area (Å²) in [6, 6.07) is 0. The molecule has 0 heterocycles. The summed E-state index contributed by atoms with van der Waals surface area (Å²) >= 11 is 0. The van der Waals surface area contributed by atoms with Crippen LogP contribution in [0.25, 0.3) is 0 Å². The Bertz CT molecular complexity index is 42.0. The molecule has 0 saturated heterocycles. The van der Waals surface area contributed by atoms with Crippen molar-refractivity contribution < 1.29 is 0 Å². The quantitative estimate of drug-likeness (QED) is 0.526. The Morgan fingerprint density at radius 3 is 2.00 bits per heavy atom. The van der Waals surface area contributed by atoms with Gasteiger partial charge in [-0.3, -0.25) is 0 Å². The van der Waals surface area contributed by atoms with Gasteiger partial charge in [0.1, 0.15) is 0 Å². The standard InChI is InChI=1S/C8H16/c1-5-8(6-2)7(3)4/h7-8H,1,3,5-6H2,2,4H3. The first kappa shape index (κ1) is 8.00. The fraction of sp³-hybridized carbons (Fsp3) is 0.750. The molecular formula is C8H16. The van der Waals surface area contributed by atoms with E-state index in [1.165, 1.54) is 6.42 Å². The molecule has 2 atom stereocenters. The molecule has 0 aromatic rings. The lowest BCUT2D eigenvalue weighted by Gasteiger charge is -2.15.